The zero-order valence-electron chi connectivity index (χ0n) is 9.96. The maximum Gasteiger partial charge on any atom is 0.196 e. The smallest absolute Gasteiger partial charge is 0.196 e. The highest BCUT2D eigenvalue weighted by molar-refractivity contribution is 9.10. The fourth-order valence-corrected chi connectivity index (χ4v) is 1.84. The van der Waals surface area contributed by atoms with E-state index in [1.54, 1.807) is 6.20 Å². The molecule has 0 fully saturated rings. The molecule has 0 aliphatic rings. The molecule has 0 unspecified atom stereocenters. The van der Waals surface area contributed by atoms with E-state index >= 15 is 0 Å². The van der Waals surface area contributed by atoms with Gasteiger partial charge in [0.25, 0.3) is 0 Å². The van der Waals surface area contributed by atoms with E-state index in [1.807, 2.05) is 19.2 Å². The van der Waals surface area contributed by atoms with Crippen molar-refractivity contribution in [1.29, 1.82) is 0 Å². The molecule has 17 heavy (non-hydrogen) atoms. The Hall–Kier alpha value is -1.13. The summed E-state index contributed by atoms with van der Waals surface area (Å²) in [5.41, 5.74) is 2.25. The number of hydrogen-bond acceptors (Lipinski definition) is 3. The lowest BCUT2D eigenvalue weighted by atomic mass is 10.1. The maximum atomic E-state index is 5.70. The summed E-state index contributed by atoms with van der Waals surface area (Å²) in [6, 6.07) is 6.15. The van der Waals surface area contributed by atoms with Crippen molar-refractivity contribution in [2.75, 3.05) is 13.6 Å². The fraction of sp³-hybridized carbons (Fsp3) is 0.308. The number of halogens is 1. The average Bonchev–Trinajstić information content (AvgIpc) is 2.79. The third kappa shape index (κ3) is 2.96. The van der Waals surface area contributed by atoms with Crippen LogP contribution in [0.15, 0.2) is 33.3 Å². The van der Waals surface area contributed by atoms with Crippen LogP contribution in [0.1, 0.15) is 11.5 Å². The second-order valence-electron chi connectivity index (χ2n) is 3.94. The summed E-state index contributed by atoms with van der Waals surface area (Å²) in [5.74, 6) is 1.60. The van der Waals surface area contributed by atoms with Crippen LogP contribution in [0.3, 0.4) is 0 Å². The van der Waals surface area contributed by atoms with Crippen LogP contribution >= 0.6 is 15.9 Å². The van der Waals surface area contributed by atoms with Crippen LogP contribution in [-0.2, 0) is 6.42 Å². The lowest BCUT2D eigenvalue weighted by molar-refractivity contribution is 0.500. The quantitative estimate of drug-likeness (QED) is 0.941. The van der Waals surface area contributed by atoms with Crippen molar-refractivity contribution in [2.45, 2.75) is 13.3 Å². The van der Waals surface area contributed by atoms with Gasteiger partial charge in [-0.3, -0.25) is 0 Å². The summed E-state index contributed by atoms with van der Waals surface area (Å²) < 4.78 is 6.81. The van der Waals surface area contributed by atoms with E-state index in [4.69, 9.17) is 4.42 Å². The fourth-order valence-electron chi connectivity index (χ4n) is 1.59. The minimum atomic E-state index is 0.773. The van der Waals surface area contributed by atoms with E-state index < -0.39 is 0 Å². The van der Waals surface area contributed by atoms with Crippen molar-refractivity contribution in [2.24, 2.45) is 0 Å². The molecule has 0 atom stereocenters. The van der Waals surface area contributed by atoms with Gasteiger partial charge in [-0.05, 0) is 31.7 Å². The third-order valence-corrected chi connectivity index (χ3v) is 3.47. The molecule has 0 spiro atoms. The first-order valence-corrected chi connectivity index (χ1v) is 6.36. The lowest BCUT2D eigenvalue weighted by Gasteiger charge is -2.00. The number of nitrogens with zero attached hydrogens (tertiary/aromatic N) is 1. The topological polar surface area (TPSA) is 38.1 Å². The normalized spacial score (nSPS) is 10.8. The molecule has 1 aromatic heterocycles. The van der Waals surface area contributed by atoms with Crippen molar-refractivity contribution in [1.82, 2.24) is 10.3 Å². The number of aryl methyl sites for hydroxylation is 1. The predicted molar refractivity (Wildman–Crippen MR) is 72.0 cm³/mol. The molecule has 1 heterocycles. The molecule has 1 aromatic carbocycles. The van der Waals surface area contributed by atoms with Gasteiger partial charge in [0, 0.05) is 23.0 Å². The molecule has 0 saturated heterocycles. The van der Waals surface area contributed by atoms with Gasteiger partial charge < -0.3 is 9.73 Å². The van der Waals surface area contributed by atoms with Gasteiger partial charge in [-0.2, -0.15) is 0 Å². The first-order valence-electron chi connectivity index (χ1n) is 5.56. The number of hydrogen-bond donors (Lipinski definition) is 1. The van der Waals surface area contributed by atoms with Crippen LogP contribution in [0.5, 0.6) is 0 Å². The monoisotopic (exact) mass is 294 g/mol. The van der Waals surface area contributed by atoms with E-state index in [1.165, 1.54) is 5.56 Å². The largest absolute Gasteiger partial charge is 0.441 e. The summed E-state index contributed by atoms with van der Waals surface area (Å²) >= 11 is 3.49. The van der Waals surface area contributed by atoms with Crippen LogP contribution < -0.4 is 5.32 Å². The molecule has 90 valence electrons. The molecule has 1 N–H and O–H groups in total. The van der Waals surface area contributed by atoms with Crippen molar-refractivity contribution >= 4 is 15.9 Å². The van der Waals surface area contributed by atoms with Crippen LogP contribution in [0, 0.1) is 6.92 Å². The minimum Gasteiger partial charge on any atom is -0.441 e. The maximum absolute atomic E-state index is 5.70. The summed E-state index contributed by atoms with van der Waals surface area (Å²) in [4.78, 5) is 4.26. The molecule has 0 radical (unpaired) electrons. The Morgan fingerprint density at radius 2 is 2.24 bits per heavy atom. The molecule has 0 bridgehead atoms. The van der Waals surface area contributed by atoms with E-state index in [0.29, 0.717) is 0 Å². The number of nitrogens with one attached hydrogen (secondary N) is 1. The Morgan fingerprint density at radius 3 is 2.94 bits per heavy atom. The standard InChI is InChI=1S/C13H15BrN2O/c1-9-7-10(3-4-11(9)14)12-8-16-13(17-12)5-6-15-2/h3-4,7-8,15H,5-6H2,1-2H3. The summed E-state index contributed by atoms with van der Waals surface area (Å²) in [6.45, 7) is 2.94. The number of likely N-dealkylation sites (N-methyl/N-ethyl adjacent to an activating group) is 1. The first-order chi connectivity index (χ1) is 8.20. The van der Waals surface area contributed by atoms with Gasteiger partial charge in [-0.25, -0.2) is 4.98 Å². The Bertz CT molecular complexity index is 508. The van der Waals surface area contributed by atoms with Gasteiger partial charge >= 0.3 is 0 Å². The van der Waals surface area contributed by atoms with E-state index in [2.05, 4.69) is 39.2 Å². The molecule has 2 rings (SSSR count). The SMILES string of the molecule is CNCCc1ncc(-c2ccc(Br)c(C)c2)o1. The predicted octanol–water partition coefficient (Wildman–Crippen LogP) is 3.17. The summed E-state index contributed by atoms with van der Waals surface area (Å²) in [7, 11) is 1.92. The van der Waals surface area contributed by atoms with E-state index in [-0.39, 0.29) is 0 Å². The summed E-state index contributed by atoms with van der Waals surface area (Å²) in [6.07, 6.45) is 2.60. The van der Waals surface area contributed by atoms with Crippen molar-refractivity contribution in [3.05, 3.63) is 40.3 Å². The van der Waals surface area contributed by atoms with Crippen LogP contribution in [0.25, 0.3) is 11.3 Å². The van der Waals surface area contributed by atoms with Crippen molar-refractivity contribution < 1.29 is 4.42 Å². The van der Waals surface area contributed by atoms with Gasteiger partial charge in [0.15, 0.2) is 11.7 Å². The van der Waals surface area contributed by atoms with Crippen LogP contribution in [0.4, 0.5) is 0 Å². The zero-order chi connectivity index (χ0) is 12.3. The van der Waals surface area contributed by atoms with Crippen molar-refractivity contribution in [3.63, 3.8) is 0 Å². The molecule has 0 amide bonds. The van der Waals surface area contributed by atoms with Gasteiger partial charge in [0.05, 0.1) is 6.20 Å². The molecule has 3 nitrogen and oxygen atoms in total. The Labute approximate surface area is 109 Å². The van der Waals surface area contributed by atoms with Gasteiger partial charge in [0.2, 0.25) is 0 Å². The lowest BCUT2D eigenvalue weighted by Crippen LogP contribution is -2.10. The first kappa shape index (κ1) is 12.3. The Balaban J connectivity index is 2.21. The highest BCUT2D eigenvalue weighted by Gasteiger charge is 2.07. The zero-order valence-corrected chi connectivity index (χ0v) is 11.5. The number of aromatic nitrogens is 1. The second kappa shape index (κ2) is 5.47. The minimum absolute atomic E-state index is 0.773. The molecule has 0 saturated carbocycles. The van der Waals surface area contributed by atoms with E-state index in [0.717, 1.165) is 34.7 Å². The second-order valence-corrected chi connectivity index (χ2v) is 4.79. The number of oxazole rings is 1. The third-order valence-electron chi connectivity index (χ3n) is 2.58. The van der Waals surface area contributed by atoms with Crippen LogP contribution in [0.2, 0.25) is 0 Å². The molecular formula is C13H15BrN2O. The molecule has 0 aliphatic heterocycles. The highest BCUT2D eigenvalue weighted by atomic mass is 79.9. The molecule has 2 aromatic rings. The summed E-state index contributed by atoms with van der Waals surface area (Å²) in [5, 5.41) is 3.08. The van der Waals surface area contributed by atoms with Crippen LogP contribution in [-0.4, -0.2) is 18.6 Å². The Kier molecular flexibility index (Phi) is 3.97. The van der Waals surface area contributed by atoms with Gasteiger partial charge in [-0.1, -0.05) is 22.0 Å². The van der Waals surface area contributed by atoms with E-state index in [9.17, 15) is 0 Å². The average molecular weight is 295 g/mol. The van der Waals surface area contributed by atoms with Gasteiger partial charge in [-0.15, -0.1) is 0 Å². The number of rotatable bonds is 4. The highest BCUT2D eigenvalue weighted by Crippen LogP contribution is 2.25. The number of benzene rings is 1. The molecule has 0 aliphatic carbocycles. The molecule has 4 heteroatoms. The molecular weight excluding hydrogens is 280 g/mol. The Morgan fingerprint density at radius 1 is 1.41 bits per heavy atom. The van der Waals surface area contributed by atoms with Crippen molar-refractivity contribution in [3.8, 4) is 11.3 Å². The van der Waals surface area contributed by atoms with Gasteiger partial charge in [0.1, 0.15) is 0 Å².